The lowest BCUT2D eigenvalue weighted by atomic mass is 10.0. The Morgan fingerprint density at radius 1 is 1.31 bits per heavy atom. The number of likely N-dealkylation sites (tertiary alicyclic amines) is 1. The van der Waals surface area contributed by atoms with Gasteiger partial charge in [0.05, 0.1) is 11.6 Å². The fraction of sp³-hybridized carbons (Fsp3) is 0.588. The second kappa shape index (κ2) is 7.38. The summed E-state index contributed by atoms with van der Waals surface area (Å²) in [4.78, 5) is 13.7. The van der Waals surface area contributed by atoms with E-state index >= 15 is 0 Å². The summed E-state index contributed by atoms with van der Waals surface area (Å²) in [6.07, 6.45) is -6.69. The number of carbonyl (C=O) groups excluding carboxylic acids is 1. The van der Waals surface area contributed by atoms with E-state index in [1.54, 1.807) is 25.7 Å². The van der Waals surface area contributed by atoms with Crippen molar-refractivity contribution >= 4 is 6.09 Å². The van der Waals surface area contributed by atoms with Crippen LogP contribution in [-0.4, -0.2) is 42.4 Å². The molecule has 146 valence electrons. The number of benzene rings is 1. The number of halogens is 5. The van der Waals surface area contributed by atoms with E-state index in [1.165, 1.54) is 6.07 Å². The van der Waals surface area contributed by atoms with E-state index in [2.05, 4.69) is 5.32 Å². The molecule has 1 aromatic rings. The van der Waals surface area contributed by atoms with E-state index in [0.29, 0.717) is 12.1 Å². The number of nitrogens with zero attached hydrogens (tertiary/aromatic N) is 1. The van der Waals surface area contributed by atoms with Crippen molar-refractivity contribution < 1.29 is 31.5 Å². The molecule has 9 heteroatoms. The van der Waals surface area contributed by atoms with Crippen molar-refractivity contribution in [3.63, 3.8) is 0 Å². The van der Waals surface area contributed by atoms with Crippen LogP contribution < -0.4 is 5.32 Å². The predicted octanol–water partition coefficient (Wildman–Crippen LogP) is 4.06. The summed E-state index contributed by atoms with van der Waals surface area (Å²) < 4.78 is 70.5. The van der Waals surface area contributed by atoms with Gasteiger partial charge in [0, 0.05) is 19.6 Å². The monoisotopic (exact) mass is 380 g/mol. The molecular formula is C17H21F5N2O2. The maximum Gasteiger partial charge on any atom is 0.419 e. The second-order valence-corrected chi connectivity index (χ2v) is 7.25. The molecule has 0 saturated carbocycles. The highest BCUT2D eigenvalue weighted by Crippen LogP contribution is 2.33. The zero-order valence-electron chi connectivity index (χ0n) is 14.7. The van der Waals surface area contributed by atoms with Gasteiger partial charge in [-0.1, -0.05) is 6.07 Å². The van der Waals surface area contributed by atoms with Crippen LogP contribution in [0.1, 0.15) is 37.9 Å². The zero-order chi connectivity index (χ0) is 19.7. The standard InChI is InChI=1S/C17H21F5N2O2/c1-16(2,3)26-15(25)23-14(9-24-7-11(18)8-24)10-4-5-13(19)12(6-10)17(20,21)22/h4-6,11,14H,7-9H2,1-3H3,(H,23,25)/t14-/m1/s1. The van der Waals surface area contributed by atoms with Crippen molar-refractivity contribution in [1.29, 1.82) is 0 Å². The van der Waals surface area contributed by atoms with Crippen LogP contribution >= 0.6 is 0 Å². The average molecular weight is 380 g/mol. The maximum atomic E-state index is 13.5. The SMILES string of the molecule is CC(C)(C)OC(=O)N[C@H](CN1CC(F)C1)c1ccc(F)c(C(F)(F)F)c1. The van der Waals surface area contributed by atoms with Gasteiger partial charge in [-0.05, 0) is 38.5 Å². The highest BCUT2D eigenvalue weighted by molar-refractivity contribution is 5.68. The average Bonchev–Trinajstić information content (AvgIpc) is 2.42. The zero-order valence-corrected chi connectivity index (χ0v) is 14.7. The maximum absolute atomic E-state index is 13.5. The fourth-order valence-electron chi connectivity index (χ4n) is 2.58. The molecule has 1 aliphatic rings. The Labute approximate surface area is 148 Å². The number of nitrogens with one attached hydrogen (secondary N) is 1. The third kappa shape index (κ3) is 5.55. The van der Waals surface area contributed by atoms with Crippen molar-refractivity contribution in [3.05, 3.63) is 35.1 Å². The quantitative estimate of drug-likeness (QED) is 0.801. The van der Waals surface area contributed by atoms with E-state index in [1.807, 2.05) is 0 Å². The van der Waals surface area contributed by atoms with Crippen LogP contribution in [0.15, 0.2) is 18.2 Å². The molecule has 1 aliphatic heterocycles. The van der Waals surface area contributed by atoms with Crippen molar-refractivity contribution in [3.8, 4) is 0 Å². The molecule has 2 rings (SSSR count). The number of carbonyl (C=O) groups is 1. The lowest BCUT2D eigenvalue weighted by molar-refractivity contribution is -0.140. The van der Waals surface area contributed by atoms with Gasteiger partial charge in [0.25, 0.3) is 0 Å². The lowest BCUT2D eigenvalue weighted by Gasteiger charge is -2.37. The van der Waals surface area contributed by atoms with Crippen molar-refractivity contribution in [2.24, 2.45) is 0 Å². The van der Waals surface area contributed by atoms with Crippen molar-refractivity contribution in [2.45, 2.75) is 44.8 Å². The molecular weight excluding hydrogens is 359 g/mol. The summed E-state index contributed by atoms with van der Waals surface area (Å²) in [6.45, 7) is 5.27. The first-order chi connectivity index (χ1) is 11.8. The van der Waals surface area contributed by atoms with Gasteiger partial charge in [0.1, 0.15) is 17.6 Å². The molecule has 0 aromatic heterocycles. The van der Waals surface area contributed by atoms with E-state index in [9.17, 15) is 26.7 Å². The summed E-state index contributed by atoms with van der Waals surface area (Å²) in [5, 5.41) is 2.49. The smallest absolute Gasteiger partial charge is 0.419 e. The Kier molecular flexibility index (Phi) is 5.79. The van der Waals surface area contributed by atoms with Crippen LogP contribution in [0.4, 0.5) is 26.7 Å². The largest absolute Gasteiger partial charge is 0.444 e. The van der Waals surface area contributed by atoms with Gasteiger partial charge in [-0.15, -0.1) is 0 Å². The van der Waals surface area contributed by atoms with E-state index in [-0.39, 0.29) is 25.2 Å². The molecule has 1 saturated heterocycles. The molecule has 1 fully saturated rings. The second-order valence-electron chi connectivity index (χ2n) is 7.25. The van der Waals surface area contributed by atoms with Crippen LogP contribution in [0.25, 0.3) is 0 Å². The Morgan fingerprint density at radius 2 is 1.92 bits per heavy atom. The molecule has 1 amide bonds. The number of hydrogen-bond donors (Lipinski definition) is 1. The van der Waals surface area contributed by atoms with Crippen LogP contribution in [0.3, 0.4) is 0 Å². The first-order valence-electron chi connectivity index (χ1n) is 8.08. The number of alkyl halides is 4. The highest BCUT2D eigenvalue weighted by atomic mass is 19.4. The molecule has 1 atom stereocenters. The minimum Gasteiger partial charge on any atom is -0.444 e. The molecule has 0 bridgehead atoms. The summed E-state index contributed by atoms with van der Waals surface area (Å²) in [5.74, 6) is -1.40. The van der Waals surface area contributed by atoms with Gasteiger partial charge in [0.2, 0.25) is 0 Å². The van der Waals surface area contributed by atoms with Crippen LogP contribution in [-0.2, 0) is 10.9 Å². The summed E-state index contributed by atoms with van der Waals surface area (Å²) in [6, 6.07) is 1.62. The Morgan fingerprint density at radius 3 is 2.42 bits per heavy atom. The molecule has 1 N–H and O–H groups in total. The Hall–Kier alpha value is -1.90. The third-order valence-corrected chi connectivity index (χ3v) is 3.74. The Balaban J connectivity index is 2.24. The number of amides is 1. The molecule has 1 aromatic carbocycles. The molecule has 0 radical (unpaired) electrons. The summed E-state index contributed by atoms with van der Waals surface area (Å²) >= 11 is 0. The molecule has 0 aliphatic carbocycles. The van der Waals surface area contributed by atoms with E-state index in [4.69, 9.17) is 4.74 Å². The summed E-state index contributed by atoms with van der Waals surface area (Å²) in [5.41, 5.74) is -2.15. The third-order valence-electron chi connectivity index (χ3n) is 3.74. The van der Waals surface area contributed by atoms with Crippen molar-refractivity contribution in [1.82, 2.24) is 10.2 Å². The van der Waals surface area contributed by atoms with E-state index in [0.717, 1.165) is 0 Å². The van der Waals surface area contributed by atoms with Crippen molar-refractivity contribution in [2.75, 3.05) is 19.6 Å². The minimum atomic E-state index is -4.86. The highest BCUT2D eigenvalue weighted by Gasteiger charge is 2.36. The molecule has 26 heavy (non-hydrogen) atoms. The first kappa shape index (κ1) is 20.4. The topological polar surface area (TPSA) is 41.6 Å². The number of hydrogen-bond acceptors (Lipinski definition) is 3. The number of ether oxygens (including phenoxy) is 1. The molecule has 0 unspecified atom stereocenters. The minimum absolute atomic E-state index is 0.0619. The lowest BCUT2D eigenvalue weighted by Crippen LogP contribution is -2.52. The van der Waals surface area contributed by atoms with Crippen LogP contribution in [0.2, 0.25) is 0 Å². The van der Waals surface area contributed by atoms with E-state index < -0.39 is 41.5 Å². The van der Waals surface area contributed by atoms with Crippen LogP contribution in [0, 0.1) is 5.82 Å². The number of alkyl carbamates (subject to hydrolysis) is 1. The van der Waals surface area contributed by atoms with Gasteiger partial charge >= 0.3 is 12.3 Å². The summed E-state index contributed by atoms with van der Waals surface area (Å²) in [7, 11) is 0. The van der Waals surface area contributed by atoms with Crippen LogP contribution in [0.5, 0.6) is 0 Å². The first-order valence-corrected chi connectivity index (χ1v) is 8.08. The van der Waals surface area contributed by atoms with Gasteiger partial charge in [-0.2, -0.15) is 13.2 Å². The van der Waals surface area contributed by atoms with Gasteiger partial charge in [-0.25, -0.2) is 13.6 Å². The fourth-order valence-corrected chi connectivity index (χ4v) is 2.58. The predicted molar refractivity (Wildman–Crippen MR) is 84.8 cm³/mol. The normalized spacial score (nSPS) is 17.5. The Bertz CT molecular complexity index is 652. The molecule has 0 spiro atoms. The number of rotatable bonds is 4. The van der Waals surface area contributed by atoms with Gasteiger partial charge in [0.15, 0.2) is 0 Å². The molecule has 4 nitrogen and oxygen atoms in total. The molecule has 1 heterocycles. The van der Waals surface area contributed by atoms with Gasteiger partial charge < -0.3 is 10.1 Å². The van der Waals surface area contributed by atoms with Gasteiger partial charge in [-0.3, -0.25) is 4.90 Å².